The first-order valence-electron chi connectivity index (χ1n) is 11.2. The van der Waals surface area contributed by atoms with Gasteiger partial charge in [0.15, 0.2) is 0 Å². The van der Waals surface area contributed by atoms with E-state index in [2.05, 4.69) is 16.8 Å². The molecule has 1 fully saturated rings. The normalized spacial score (nSPS) is 18.2. The molecule has 2 nitrogen and oxygen atoms in total. The maximum Gasteiger partial charge on any atom is 0.416 e. The molecule has 0 amide bonds. The van der Waals surface area contributed by atoms with E-state index < -0.39 is 23.5 Å². The average molecular weight is 468 g/mol. The van der Waals surface area contributed by atoms with E-state index in [0.29, 0.717) is 30.2 Å². The number of aromatic amines is 1. The molecule has 2 heterocycles. The van der Waals surface area contributed by atoms with Crippen LogP contribution in [-0.4, -0.2) is 29.0 Å². The molecule has 0 radical (unpaired) electrons. The molecule has 0 spiro atoms. The molecule has 2 aromatic carbocycles. The minimum atomic E-state index is -4.88. The van der Waals surface area contributed by atoms with Gasteiger partial charge in [-0.1, -0.05) is 31.5 Å². The van der Waals surface area contributed by atoms with Crippen molar-refractivity contribution >= 4 is 10.9 Å². The van der Waals surface area contributed by atoms with E-state index >= 15 is 0 Å². The standard InChI is InChI=1S/C25H26F6N2/c1-2-19-7-5-6-11-33(19)12-10-21-20-8-3-4-9-22(20)32-23(21)16-13-17(24(26,27)28)15-18(14-16)25(29,30)31/h3-4,8-9,13-15,19,32H,2,5-7,10-12H2,1H3. The average Bonchev–Trinajstić information content (AvgIpc) is 3.15. The van der Waals surface area contributed by atoms with E-state index in [9.17, 15) is 26.3 Å². The molecule has 0 bridgehead atoms. The van der Waals surface area contributed by atoms with Gasteiger partial charge in [0.25, 0.3) is 0 Å². The molecule has 1 aliphatic heterocycles. The molecular formula is C25H26F6N2. The van der Waals surface area contributed by atoms with Crippen molar-refractivity contribution in [3.8, 4) is 11.3 Å². The van der Waals surface area contributed by atoms with Crippen LogP contribution >= 0.6 is 0 Å². The summed E-state index contributed by atoms with van der Waals surface area (Å²) in [5.74, 6) is 0. The summed E-state index contributed by atoms with van der Waals surface area (Å²) in [5.41, 5.74) is -0.956. The van der Waals surface area contributed by atoms with Crippen LogP contribution in [0.2, 0.25) is 0 Å². The van der Waals surface area contributed by atoms with Gasteiger partial charge in [0.1, 0.15) is 0 Å². The maximum absolute atomic E-state index is 13.4. The van der Waals surface area contributed by atoms with Crippen LogP contribution in [0.25, 0.3) is 22.2 Å². The minimum Gasteiger partial charge on any atom is -0.354 e. The summed E-state index contributed by atoms with van der Waals surface area (Å²) in [4.78, 5) is 5.49. The molecule has 1 unspecified atom stereocenters. The third-order valence-corrected chi connectivity index (χ3v) is 6.56. The van der Waals surface area contributed by atoms with Crippen LogP contribution in [0, 0.1) is 0 Å². The Kier molecular flexibility index (Phi) is 6.49. The van der Waals surface area contributed by atoms with Crippen molar-refractivity contribution < 1.29 is 26.3 Å². The van der Waals surface area contributed by atoms with Gasteiger partial charge >= 0.3 is 12.4 Å². The van der Waals surface area contributed by atoms with Crippen molar-refractivity contribution in [2.75, 3.05) is 13.1 Å². The zero-order valence-electron chi connectivity index (χ0n) is 18.3. The summed E-state index contributed by atoms with van der Waals surface area (Å²) in [6.45, 7) is 3.80. The highest BCUT2D eigenvalue weighted by molar-refractivity contribution is 5.91. The Balaban J connectivity index is 1.80. The molecule has 178 valence electrons. The fourth-order valence-electron chi connectivity index (χ4n) is 4.88. The number of nitrogens with zero attached hydrogens (tertiary/aromatic N) is 1. The summed E-state index contributed by atoms with van der Waals surface area (Å²) in [7, 11) is 0. The zero-order chi connectivity index (χ0) is 23.8. The number of alkyl halides is 6. The molecule has 0 aliphatic carbocycles. The summed E-state index contributed by atoms with van der Waals surface area (Å²) < 4.78 is 80.7. The van der Waals surface area contributed by atoms with Crippen molar-refractivity contribution in [3.63, 3.8) is 0 Å². The van der Waals surface area contributed by atoms with E-state index in [4.69, 9.17) is 0 Å². The van der Waals surface area contributed by atoms with E-state index in [-0.39, 0.29) is 11.6 Å². The lowest BCUT2D eigenvalue weighted by Crippen LogP contribution is -2.40. The van der Waals surface area contributed by atoms with Gasteiger partial charge < -0.3 is 9.88 Å². The Morgan fingerprint density at radius 2 is 1.61 bits per heavy atom. The SMILES string of the molecule is CCC1CCCCN1CCc1c(-c2cc(C(F)(F)F)cc(C(F)(F)F)c2)[nH]c2ccccc12. The molecule has 1 saturated heterocycles. The molecule has 1 aromatic heterocycles. The van der Waals surface area contributed by atoms with Crippen molar-refractivity contribution in [1.82, 2.24) is 9.88 Å². The molecule has 33 heavy (non-hydrogen) atoms. The first kappa shape index (κ1) is 23.7. The molecule has 1 aliphatic rings. The first-order valence-corrected chi connectivity index (χ1v) is 11.2. The Hall–Kier alpha value is -2.48. The van der Waals surface area contributed by atoms with Crippen molar-refractivity contribution in [3.05, 3.63) is 59.2 Å². The number of para-hydroxylation sites is 1. The number of hydrogen-bond donors (Lipinski definition) is 1. The van der Waals surface area contributed by atoms with E-state index in [0.717, 1.165) is 48.9 Å². The summed E-state index contributed by atoms with van der Waals surface area (Å²) in [6.07, 6.45) is -4.83. The number of rotatable bonds is 5. The molecule has 4 rings (SSSR count). The van der Waals surface area contributed by atoms with Crippen LogP contribution in [0.3, 0.4) is 0 Å². The minimum absolute atomic E-state index is 0.103. The second kappa shape index (κ2) is 9.05. The van der Waals surface area contributed by atoms with Gasteiger partial charge in [-0.2, -0.15) is 26.3 Å². The van der Waals surface area contributed by atoms with Crippen LogP contribution in [0.5, 0.6) is 0 Å². The lowest BCUT2D eigenvalue weighted by atomic mass is 9.96. The third kappa shape index (κ3) is 5.05. The van der Waals surface area contributed by atoms with Gasteiger partial charge in [-0.3, -0.25) is 0 Å². The molecule has 0 saturated carbocycles. The molecular weight excluding hydrogens is 442 g/mol. The molecule has 8 heteroatoms. The Morgan fingerprint density at radius 1 is 0.939 bits per heavy atom. The lowest BCUT2D eigenvalue weighted by Gasteiger charge is -2.35. The highest BCUT2D eigenvalue weighted by Crippen LogP contribution is 2.40. The number of piperidine rings is 1. The Bertz CT molecular complexity index is 1080. The summed E-state index contributed by atoms with van der Waals surface area (Å²) in [5, 5.41) is 0.823. The van der Waals surface area contributed by atoms with Gasteiger partial charge in [0.05, 0.1) is 11.1 Å². The number of halogens is 6. The summed E-state index contributed by atoms with van der Waals surface area (Å²) in [6, 6.07) is 9.50. The van der Waals surface area contributed by atoms with Crippen LogP contribution in [0.1, 0.15) is 49.3 Å². The van der Waals surface area contributed by atoms with Gasteiger partial charge in [0, 0.05) is 29.2 Å². The fourth-order valence-corrected chi connectivity index (χ4v) is 4.88. The lowest BCUT2D eigenvalue weighted by molar-refractivity contribution is -0.143. The summed E-state index contributed by atoms with van der Waals surface area (Å²) >= 11 is 0. The van der Waals surface area contributed by atoms with Crippen LogP contribution in [0.15, 0.2) is 42.5 Å². The zero-order valence-corrected chi connectivity index (χ0v) is 18.3. The van der Waals surface area contributed by atoms with E-state index in [1.54, 1.807) is 12.1 Å². The number of nitrogens with one attached hydrogen (secondary N) is 1. The quantitative estimate of drug-likeness (QED) is 0.381. The van der Waals surface area contributed by atoms with E-state index in [1.807, 2.05) is 12.1 Å². The number of H-pyrrole nitrogens is 1. The smallest absolute Gasteiger partial charge is 0.354 e. The van der Waals surface area contributed by atoms with Crippen molar-refractivity contribution in [1.29, 1.82) is 0 Å². The van der Waals surface area contributed by atoms with Gasteiger partial charge in [-0.25, -0.2) is 0 Å². The maximum atomic E-state index is 13.4. The Morgan fingerprint density at radius 3 is 2.24 bits per heavy atom. The van der Waals surface area contributed by atoms with Gasteiger partial charge in [0.2, 0.25) is 0 Å². The highest BCUT2D eigenvalue weighted by Gasteiger charge is 2.37. The van der Waals surface area contributed by atoms with Crippen LogP contribution < -0.4 is 0 Å². The highest BCUT2D eigenvalue weighted by atomic mass is 19.4. The van der Waals surface area contributed by atoms with Crippen molar-refractivity contribution in [2.45, 2.75) is 57.4 Å². The molecule has 1 atom stereocenters. The van der Waals surface area contributed by atoms with Crippen LogP contribution in [-0.2, 0) is 18.8 Å². The number of benzene rings is 2. The molecule has 3 aromatic rings. The topological polar surface area (TPSA) is 19.0 Å². The third-order valence-electron chi connectivity index (χ3n) is 6.56. The number of likely N-dealkylation sites (tertiary alicyclic amines) is 1. The first-order chi connectivity index (χ1) is 15.6. The van der Waals surface area contributed by atoms with Crippen molar-refractivity contribution in [2.24, 2.45) is 0 Å². The van der Waals surface area contributed by atoms with Gasteiger partial charge in [-0.05, 0) is 67.6 Å². The second-order valence-electron chi connectivity index (χ2n) is 8.66. The van der Waals surface area contributed by atoms with Gasteiger partial charge in [-0.15, -0.1) is 0 Å². The molecule has 1 N–H and O–H groups in total. The predicted octanol–water partition coefficient (Wildman–Crippen LogP) is 7.68. The number of aromatic nitrogens is 1. The fraction of sp³-hybridized carbons (Fsp3) is 0.440. The Labute approximate surface area is 188 Å². The second-order valence-corrected chi connectivity index (χ2v) is 8.66. The number of fused-ring (bicyclic) bond motifs is 1. The van der Waals surface area contributed by atoms with Crippen LogP contribution in [0.4, 0.5) is 26.3 Å². The number of hydrogen-bond acceptors (Lipinski definition) is 1. The largest absolute Gasteiger partial charge is 0.416 e. The monoisotopic (exact) mass is 468 g/mol. The van der Waals surface area contributed by atoms with E-state index in [1.165, 1.54) is 6.42 Å². The predicted molar refractivity (Wildman–Crippen MR) is 117 cm³/mol.